The number of carbonyl (C=O) groups is 1. The average molecular weight is 376 g/mol. The number of carbonyl (C=O) groups excluding carboxylic acids is 1. The Morgan fingerprint density at radius 3 is 2.79 bits per heavy atom. The minimum atomic E-state index is -0.528. The first-order valence-electron chi connectivity index (χ1n) is 9.71. The minimum Gasteiger partial charge on any atom is -0.481 e. The number of hydrogen-bond donors (Lipinski definition) is 2. The highest BCUT2D eigenvalue weighted by Crippen LogP contribution is 2.35. The molecule has 4 rings (SSSR count). The van der Waals surface area contributed by atoms with E-state index in [0.717, 1.165) is 36.0 Å². The number of ether oxygens (including phenoxy) is 1. The molecule has 2 heterocycles. The monoisotopic (exact) mass is 376 g/mol. The predicted molar refractivity (Wildman–Crippen MR) is 106 cm³/mol. The first kappa shape index (κ1) is 18.5. The van der Waals surface area contributed by atoms with Crippen LogP contribution in [0.15, 0.2) is 42.6 Å². The van der Waals surface area contributed by atoms with E-state index in [-0.39, 0.29) is 11.9 Å². The van der Waals surface area contributed by atoms with E-state index in [0.29, 0.717) is 24.3 Å². The van der Waals surface area contributed by atoms with Gasteiger partial charge in [-0.3, -0.25) is 4.79 Å². The molecule has 2 aromatic rings. The zero-order valence-electron chi connectivity index (χ0n) is 15.9. The van der Waals surface area contributed by atoms with Gasteiger partial charge in [-0.1, -0.05) is 24.3 Å². The number of pyridine rings is 1. The van der Waals surface area contributed by atoms with Gasteiger partial charge in [0, 0.05) is 24.7 Å². The second-order valence-electron chi connectivity index (χ2n) is 7.59. The Bertz CT molecular complexity index is 890. The Morgan fingerprint density at radius 1 is 1.32 bits per heavy atom. The summed E-state index contributed by atoms with van der Waals surface area (Å²) in [6, 6.07) is 13.9. The van der Waals surface area contributed by atoms with E-state index < -0.39 is 6.04 Å². The van der Waals surface area contributed by atoms with Gasteiger partial charge >= 0.3 is 0 Å². The molecule has 28 heavy (non-hydrogen) atoms. The second-order valence-corrected chi connectivity index (χ2v) is 7.59. The van der Waals surface area contributed by atoms with Crippen molar-refractivity contribution in [3.8, 4) is 23.1 Å². The van der Waals surface area contributed by atoms with Crippen molar-refractivity contribution in [2.75, 3.05) is 7.11 Å². The van der Waals surface area contributed by atoms with Gasteiger partial charge in [0.1, 0.15) is 6.04 Å². The van der Waals surface area contributed by atoms with Crippen LogP contribution in [0.25, 0.3) is 11.1 Å². The van der Waals surface area contributed by atoms with Crippen LogP contribution in [-0.2, 0) is 11.2 Å². The number of piperidine rings is 1. The average Bonchev–Trinajstić information content (AvgIpc) is 3.37. The molecule has 2 bridgehead atoms. The van der Waals surface area contributed by atoms with Crippen LogP contribution in [0.1, 0.15) is 24.8 Å². The van der Waals surface area contributed by atoms with Crippen molar-refractivity contribution in [1.29, 1.82) is 5.26 Å². The van der Waals surface area contributed by atoms with Crippen molar-refractivity contribution in [2.24, 2.45) is 5.92 Å². The molecule has 0 radical (unpaired) electrons. The van der Waals surface area contributed by atoms with Gasteiger partial charge in [0.05, 0.1) is 19.2 Å². The number of benzene rings is 1. The molecule has 4 atom stereocenters. The highest BCUT2D eigenvalue weighted by molar-refractivity contribution is 5.83. The summed E-state index contributed by atoms with van der Waals surface area (Å²) in [6.45, 7) is 0. The van der Waals surface area contributed by atoms with Gasteiger partial charge in [-0.25, -0.2) is 4.98 Å². The van der Waals surface area contributed by atoms with Gasteiger partial charge in [0.15, 0.2) is 0 Å². The molecule has 1 aliphatic heterocycles. The summed E-state index contributed by atoms with van der Waals surface area (Å²) < 4.78 is 5.17. The fourth-order valence-electron chi connectivity index (χ4n) is 4.31. The standard InChI is InChI=1S/C22H24N4O2/c1-28-20-12-16(8-9-24-20)15-4-2-14(3-5-15)10-19(13-23)26-22(27)21-17-6-7-18(11-17)25-21/h2-5,8-9,12,17-19,21,25H,6-7,10-11H2,1H3,(H,26,27)/t17?,18?,19-,21?/m0/s1. The molecule has 1 saturated heterocycles. The maximum atomic E-state index is 12.6. The molecule has 6 nitrogen and oxygen atoms in total. The third-order valence-electron chi connectivity index (χ3n) is 5.79. The zero-order valence-corrected chi connectivity index (χ0v) is 15.9. The maximum absolute atomic E-state index is 12.6. The van der Waals surface area contributed by atoms with E-state index in [1.54, 1.807) is 13.3 Å². The first-order valence-corrected chi connectivity index (χ1v) is 9.71. The summed E-state index contributed by atoms with van der Waals surface area (Å²) >= 11 is 0. The Labute approximate surface area is 164 Å². The molecule has 1 saturated carbocycles. The minimum absolute atomic E-state index is 0.0424. The van der Waals surface area contributed by atoms with Gasteiger partial charge in [-0.05, 0) is 47.9 Å². The van der Waals surface area contributed by atoms with Gasteiger partial charge in [0.25, 0.3) is 0 Å². The summed E-state index contributed by atoms with van der Waals surface area (Å²) in [7, 11) is 1.59. The third kappa shape index (κ3) is 3.85. The molecule has 2 N–H and O–H groups in total. The molecule has 1 aromatic carbocycles. The van der Waals surface area contributed by atoms with Gasteiger partial charge in [0.2, 0.25) is 11.8 Å². The van der Waals surface area contributed by atoms with Crippen molar-refractivity contribution in [1.82, 2.24) is 15.6 Å². The van der Waals surface area contributed by atoms with Gasteiger partial charge in [-0.15, -0.1) is 0 Å². The smallest absolute Gasteiger partial charge is 0.238 e. The number of methoxy groups -OCH3 is 1. The first-order chi connectivity index (χ1) is 13.7. The van der Waals surface area contributed by atoms with Gasteiger partial charge < -0.3 is 15.4 Å². The largest absolute Gasteiger partial charge is 0.481 e. The molecule has 144 valence electrons. The van der Waals surface area contributed by atoms with Crippen LogP contribution in [0.2, 0.25) is 0 Å². The molecular weight excluding hydrogens is 352 g/mol. The number of nitrogens with one attached hydrogen (secondary N) is 2. The van der Waals surface area contributed by atoms with Crippen LogP contribution in [0.5, 0.6) is 5.88 Å². The fraction of sp³-hybridized carbons (Fsp3) is 0.409. The number of fused-ring (bicyclic) bond motifs is 2. The lowest BCUT2D eigenvalue weighted by Gasteiger charge is -2.23. The SMILES string of the molecule is COc1cc(-c2ccc(C[C@@H](C#N)NC(=O)C3NC4CCC3C4)cc2)ccn1. The normalized spacial score (nSPS) is 23.8. The highest BCUT2D eigenvalue weighted by Gasteiger charge is 2.43. The summed E-state index contributed by atoms with van der Waals surface area (Å²) in [5.41, 5.74) is 3.08. The summed E-state index contributed by atoms with van der Waals surface area (Å²) in [5.74, 6) is 0.947. The van der Waals surface area contributed by atoms with E-state index in [1.807, 2.05) is 36.4 Å². The lowest BCUT2D eigenvalue weighted by molar-refractivity contribution is -0.124. The molecular formula is C22H24N4O2. The van der Waals surface area contributed by atoms with E-state index in [1.165, 1.54) is 0 Å². The summed E-state index contributed by atoms with van der Waals surface area (Å²) in [4.78, 5) is 16.7. The number of hydrogen-bond acceptors (Lipinski definition) is 5. The quantitative estimate of drug-likeness (QED) is 0.809. The maximum Gasteiger partial charge on any atom is 0.238 e. The van der Waals surface area contributed by atoms with E-state index in [4.69, 9.17) is 4.74 Å². The molecule has 1 amide bonds. The molecule has 3 unspecified atom stereocenters. The molecule has 1 aromatic heterocycles. The number of nitrogens with zero attached hydrogens (tertiary/aromatic N) is 2. The van der Waals surface area contributed by atoms with Crippen LogP contribution in [0, 0.1) is 17.2 Å². The van der Waals surface area contributed by atoms with E-state index in [2.05, 4.69) is 21.7 Å². The van der Waals surface area contributed by atoms with Crippen molar-refractivity contribution >= 4 is 5.91 Å². The second kappa shape index (κ2) is 7.99. The van der Waals surface area contributed by atoms with Crippen LogP contribution < -0.4 is 15.4 Å². The van der Waals surface area contributed by atoms with E-state index >= 15 is 0 Å². The lowest BCUT2D eigenvalue weighted by atomic mass is 9.98. The van der Waals surface area contributed by atoms with Crippen molar-refractivity contribution in [2.45, 2.75) is 43.8 Å². The summed E-state index contributed by atoms with van der Waals surface area (Å²) in [6.07, 6.45) is 5.55. The fourth-order valence-corrected chi connectivity index (χ4v) is 4.31. The molecule has 2 fully saturated rings. The Morgan fingerprint density at radius 2 is 2.14 bits per heavy atom. The number of aromatic nitrogens is 1. The van der Waals surface area contributed by atoms with Crippen LogP contribution in [-0.4, -0.2) is 36.1 Å². The lowest BCUT2D eigenvalue weighted by Crippen LogP contribution is -2.50. The molecule has 6 heteroatoms. The predicted octanol–water partition coefficient (Wildman–Crippen LogP) is 2.45. The molecule has 2 aliphatic rings. The number of rotatable bonds is 6. The topological polar surface area (TPSA) is 87.0 Å². The van der Waals surface area contributed by atoms with Crippen molar-refractivity contribution in [3.63, 3.8) is 0 Å². The van der Waals surface area contributed by atoms with Crippen LogP contribution >= 0.6 is 0 Å². The zero-order chi connectivity index (χ0) is 19.5. The van der Waals surface area contributed by atoms with Crippen molar-refractivity contribution in [3.05, 3.63) is 48.2 Å². The molecule has 1 aliphatic carbocycles. The van der Waals surface area contributed by atoms with E-state index in [9.17, 15) is 10.1 Å². The summed E-state index contributed by atoms with van der Waals surface area (Å²) in [5, 5.41) is 15.8. The van der Waals surface area contributed by atoms with Crippen molar-refractivity contribution < 1.29 is 9.53 Å². The number of amides is 1. The van der Waals surface area contributed by atoms with Crippen LogP contribution in [0.4, 0.5) is 0 Å². The third-order valence-corrected chi connectivity index (χ3v) is 5.79. The Balaban J connectivity index is 1.38. The Kier molecular flexibility index (Phi) is 5.27. The number of nitriles is 1. The van der Waals surface area contributed by atoms with Crippen LogP contribution in [0.3, 0.4) is 0 Å². The van der Waals surface area contributed by atoms with Gasteiger partial charge in [-0.2, -0.15) is 5.26 Å². The highest BCUT2D eigenvalue weighted by atomic mass is 16.5. The molecule has 0 spiro atoms. The Hall–Kier alpha value is -2.91.